The van der Waals surface area contributed by atoms with Gasteiger partial charge in [-0.2, -0.15) is 0 Å². The summed E-state index contributed by atoms with van der Waals surface area (Å²) in [5, 5.41) is 0. The first kappa shape index (κ1) is 13.1. The van der Waals surface area contributed by atoms with Crippen LogP contribution in [0.25, 0.3) is 0 Å². The molecule has 0 heterocycles. The summed E-state index contributed by atoms with van der Waals surface area (Å²) >= 11 is 0. The van der Waals surface area contributed by atoms with Crippen molar-refractivity contribution in [1.82, 2.24) is 0 Å². The summed E-state index contributed by atoms with van der Waals surface area (Å²) in [7, 11) is 0. The van der Waals surface area contributed by atoms with Crippen molar-refractivity contribution in [2.75, 3.05) is 0 Å². The van der Waals surface area contributed by atoms with Crippen molar-refractivity contribution in [3.63, 3.8) is 0 Å². The van der Waals surface area contributed by atoms with Crippen LogP contribution in [0.3, 0.4) is 0 Å². The molecule has 90 valence electrons. The highest BCUT2D eigenvalue weighted by atomic mass is 19.1. The first-order valence-electron chi connectivity index (χ1n) is 5.69. The zero-order valence-electron chi connectivity index (χ0n) is 9.84. The Morgan fingerprint density at radius 1 is 1.12 bits per heavy atom. The Balaban J connectivity index is 2.43. The van der Waals surface area contributed by atoms with Crippen LogP contribution in [0.2, 0.25) is 0 Å². The number of aryl methyl sites for hydroxylation is 1. The van der Waals surface area contributed by atoms with Crippen LogP contribution in [0.15, 0.2) is 18.2 Å². The van der Waals surface area contributed by atoms with Gasteiger partial charge in [-0.25, -0.2) is 8.78 Å². The molecule has 0 fully saturated rings. The van der Waals surface area contributed by atoms with Crippen LogP contribution >= 0.6 is 0 Å². The number of halogens is 2. The largest absolute Gasteiger partial charge is 0.327 e. The monoisotopic (exact) mass is 227 g/mol. The normalized spacial score (nSPS) is 13.1. The van der Waals surface area contributed by atoms with Gasteiger partial charge in [0.05, 0.1) is 0 Å². The van der Waals surface area contributed by atoms with Crippen LogP contribution in [-0.4, -0.2) is 6.04 Å². The zero-order valence-corrected chi connectivity index (χ0v) is 9.84. The molecule has 1 aromatic rings. The molecule has 0 aromatic heterocycles. The molecule has 0 bridgehead atoms. The molecule has 1 atom stereocenters. The van der Waals surface area contributed by atoms with Crippen LogP contribution in [0.5, 0.6) is 0 Å². The Hall–Kier alpha value is -0.960. The van der Waals surface area contributed by atoms with Gasteiger partial charge in [-0.05, 0) is 42.9 Å². The Kier molecular flexibility index (Phi) is 4.87. The van der Waals surface area contributed by atoms with Gasteiger partial charge in [0.1, 0.15) is 11.6 Å². The summed E-state index contributed by atoms with van der Waals surface area (Å²) in [6, 6.07) is 3.82. The molecular weight excluding hydrogens is 208 g/mol. The number of hydrogen-bond acceptors (Lipinski definition) is 1. The topological polar surface area (TPSA) is 26.0 Å². The van der Waals surface area contributed by atoms with Gasteiger partial charge in [0.2, 0.25) is 0 Å². The van der Waals surface area contributed by atoms with E-state index in [0.29, 0.717) is 17.9 Å². The van der Waals surface area contributed by atoms with Crippen molar-refractivity contribution < 1.29 is 8.78 Å². The van der Waals surface area contributed by atoms with E-state index in [9.17, 15) is 8.78 Å². The molecule has 0 saturated heterocycles. The third-order valence-electron chi connectivity index (χ3n) is 2.78. The predicted octanol–water partition coefficient (Wildman–Crippen LogP) is 3.27. The van der Waals surface area contributed by atoms with Crippen LogP contribution in [0.4, 0.5) is 8.78 Å². The molecule has 1 unspecified atom stereocenters. The van der Waals surface area contributed by atoms with Crippen LogP contribution in [0, 0.1) is 17.6 Å². The SMILES string of the molecule is CC(C)C(N)CCCc1cc(F)cc(F)c1. The minimum absolute atomic E-state index is 0.165. The van der Waals surface area contributed by atoms with E-state index in [2.05, 4.69) is 13.8 Å². The molecule has 0 spiro atoms. The van der Waals surface area contributed by atoms with Gasteiger partial charge in [-0.15, -0.1) is 0 Å². The van der Waals surface area contributed by atoms with Crippen LogP contribution in [-0.2, 0) is 6.42 Å². The second kappa shape index (κ2) is 5.94. The lowest BCUT2D eigenvalue weighted by Crippen LogP contribution is -2.26. The minimum atomic E-state index is -0.511. The summed E-state index contributed by atoms with van der Waals surface area (Å²) in [4.78, 5) is 0. The molecule has 0 aliphatic carbocycles. The number of benzene rings is 1. The molecule has 0 aliphatic heterocycles. The Bertz CT molecular complexity index is 316. The van der Waals surface area contributed by atoms with E-state index in [1.165, 1.54) is 12.1 Å². The molecule has 0 radical (unpaired) electrons. The smallest absolute Gasteiger partial charge is 0.126 e. The maximum absolute atomic E-state index is 12.9. The van der Waals surface area contributed by atoms with Crippen molar-refractivity contribution >= 4 is 0 Å². The standard InChI is InChI=1S/C13H19F2N/c1-9(2)13(16)5-3-4-10-6-11(14)8-12(15)7-10/h6-9,13H,3-5,16H2,1-2H3. The van der Waals surface area contributed by atoms with E-state index in [4.69, 9.17) is 5.73 Å². The molecule has 1 nitrogen and oxygen atoms in total. The van der Waals surface area contributed by atoms with Crippen molar-refractivity contribution in [2.45, 2.75) is 39.2 Å². The Morgan fingerprint density at radius 3 is 2.19 bits per heavy atom. The van der Waals surface area contributed by atoms with E-state index in [1.54, 1.807) is 0 Å². The Morgan fingerprint density at radius 2 is 1.69 bits per heavy atom. The summed E-state index contributed by atoms with van der Waals surface area (Å²) in [5.74, 6) is -0.574. The van der Waals surface area contributed by atoms with Gasteiger partial charge in [-0.3, -0.25) is 0 Å². The van der Waals surface area contributed by atoms with Crippen LogP contribution in [0.1, 0.15) is 32.3 Å². The molecule has 1 rings (SSSR count). The first-order chi connectivity index (χ1) is 7.49. The molecular formula is C13H19F2N. The number of rotatable bonds is 5. The first-order valence-corrected chi connectivity index (χ1v) is 5.69. The lowest BCUT2D eigenvalue weighted by molar-refractivity contribution is 0.451. The van der Waals surface area contributed by atoms with Crippen LogP contribution < -0.4 is 5.73 Å². The van der Waals surface area contributed by atoms with E-state index < -0.39 is 11.6 Å². The molecule has 0 saturated carbocycles. The van der Waals surface area contributed by atoms with E-state index >= 15 is 0 Å². The highest BCUT2D eigenvalue weighted by Crippen LogP contribution is 2.13. The van der Waals surface area contributed by atoms with Gasteiger partial charge in [0, 0.05) is 12.1 Å². The van der Waals surface area contributed by atoms with Gasteiger partial charge in [-0.1, -0.05) is 13.8 Å². The second-order valence-electron chi connectivity index (χ2n) is 4.58. The average molecular weight is 227 g/mol. The minimum Gasteiger partial charge on any atom is -0.327 e. The second-order valence-corrected chi connectivity index (χ2v) is 4.58. The highest BCUT2D eigenvalue weighted by Gasteiger charge is 2.07. The molecule has 1 aromatic carbocycles. The molecule has 0 amide bonds. The third kappa shape index (κ3) is 4.27. The predicted molar refractivity (Wildman–Crippen MR) is 62.1 cm³/mol. The lowest BCUT2D eigenvalue weighted by Gasteiger charge is -2.14. The maximum Gasteiger partial charge on any atom is 0.126 e. The summed E-state index contributed by atoms with van der Waals surface area (Å²) in [6.07, 6.45) is 2.42. The number of nitrogens with two attached hydrogens (primary N) is 1. The van der Waals surface area contributed by atoms with Crippen molar-refractivity contribution in [3.05, 3.63) is 35.4 Å². The van der Waals surface area contributed by atoms with Gasteiger partial charge >= 0.3 is 0 Å². The fourth-order valence-corrected chi connectivity index (χ4v) is 1.63. The highest BCUT2D eigenvalue weighted by molar-refractivity contribution is 5.17. The van der Waals surface area contributed by atoms with E-state index in [1.807, 2.05) is 0 Å². The average Bonchev–Trinajstić information content (AvgIpc) is 2.15. The van der Waals surface area contributed by atoms with Gasteiger partial charge < -0.3 is 5.73 Å². The molecule has 3 heteroatoms. The third-order valence-corrected chi connectivity index (χ3v) is 2.78. The fraction of sp³-hybridized carbons (Fsp3) is 0.538. The molecule has 0 aliphatic rings. The molecule has 2 N–H and O–H groups in total. The lowest BCUT2D eigenvalue weighted by atomic mass is 9.98. The fourth-order valence-electron chi connectivity index (χ4n) is 1.63. The maximum atomic E-state index is 12.9. The summed E-state index contributed by atoms with van der Waals surface area (Å²) in [6.45, 7) is 4.15. The van der Waals surface area contributed by atoms with Crippen molar-refractivity contribution in [2.24, 2.45) is 11.7 Å². The summed E-state index contributed by atoms with van der Waals surface area (Å²) in [5.41, 5.74) is 6.59. The van der Waals surface area contributed by atoms with Gasteiger partial charge in [0.25, 0.3) is 0 Å². The van der Waals surface area contributed by atoms with E-state index in [-0.39, 0.29) is 6.04 Å². The Labute approximate surface area is 95.7 Å². The quantitative estimate of drug-likeness (QED) is 0.820. The van der Waals surface area contributed by atoms with E-state index in [0.717, 1.165) is 18.9 Å². The van der Waals surface area contributed by atoms with Crippen molar-refractivity contribution in [1.29, 1.82) is 0 Å². The number of hydrogen-bond donors (Lipinski definition) is 1. The zero-order chi connectivity index (χ0) is 12.1. The molecule has 16 heavy (non-hydrogen) atoms. The van der Waals surface area contributed by atoms with Crippen molar-refractivity contribution in [3.8, 4) is 0 Å². The van der Waals surface area contributed by atoms with Gasteiger partial charge in [0.15, 0.2) is 0 Å². The summed E-state index contributed by atoms with van der Waals surface area (Å²) < 4.78 is 25.8.